The van der Waals surface area contributed by atoms with Crippen LogP contribution in [0.1, 0.15) is 40.5 Å². The molecular formula is C13H22N2O6. The van der Waals surface area contributed by atoms with Gasteiger partial charge in [0.25, 0.3) is 5.91 Å². The zero-order chi connectivity index (χ0) is 16.4. The maximum absolute atomic E-state index is 12.0. The molecule has 1 N–H and O–H groups in total. The number of hydrogen-bond acceptors (Lipinski definition) is 6. The largest absolute Gasteiger partial charge is 0.466 e. The first-order chi connectivity index (χ1) is 9.81. The minimum absolute atomic E-state index is 0.0946. The second kappa shape index (κ2) is 9.73. The van der Waals surface area contributed by atoms with Crippen LogP contribution >= 0.6 is 0 Å². The Hall–Kier alpha value is -2.12. The molecule has 21 heavy (non-hydrogen) atoms. The first-order valence-electron chi connectivity index (χ1n) is 6.72. The van der Waals surface area contributed by atoms with Crippen molar-refractivity contribution in [1.82, 2.24) is 10.4 Å². The Labute approximate surface area is 123 Å². The molecule has 0 saturated heterocycles. The normalized spacial score (nSPS) is 11.2. The van der Waals surface area contributed by atoms with Crippen molar-refractivity contribution >= 4 is 23.8 Å². The Morgan fingerprint density at radius 1 is 1.05 bits per heavy atom. The number of carbonyl (C=O) groups excluding carboxylic acids is 4. The lowest BCUT2D eigenvalue weighted by molar-refractivity contribution is -0.154. The third-order valence-electron chi connectivity index (χ3n) is 2.36. The predicted molar refractivity (Wildman–Crippen MR) is 72.6 cm³/mol. The van der Waals surface area contributed by atoms with Crippen LogP contribution in [-0.2, 0) is 28.7 Å². The standard InChI is InChI=1S/C13H22N2O6/c1-5-20-12(18)7-9(3)15(14-10(4)16)11(17)8-13(19)21-6-2/h9H,5-8H2,1-4H3,(H,14,16). The zero-order valence-electron chi connectivity index (χ0n) is 12.8. The van der Waals surface area contributed by atoms with E-state index >= 15 is 0 Å². The highest BCUT2D eigenvalue weighted by Crippen LogP contribution is 2.06. The summed E-state index contributed by atoms with van der Waals surface area (Å²) in [5, 5.41) is 0.955. The summed E-state index contributed by atoms with van der Waals surface area (Å²) in [7, 11) is 0. The van der Waals surface area contributed by atoms with E-state index in [0.717, 1.165) is 5.01 Å². The van der Waals surface area contributed by atoms with E-state index in [-0.39, 0.29) is 19.6 Å². The van der Waals surface area contributed by atoms with Crippen LogP contribution in [0.4, 0.5) is 0 Å². The van der Waals surface area contributed by atoms with Gasteiger partial charge in [-0.05, 0) is 20.8 Å². The van der Waals surface area contributed by atoms with Crippen molar-refractivity contribution in [3.05, 3.63) is 0 Å². The average molecular weight is 302 g/mol. The summed E-state index contributed by atoms with van der Waals surface area (Å²) >= 11 is 0. The van der Waals surface area contributed by atoms with Crippen LogP contribution in [0.5, 0.6) is 0 Å². The Balaban J connectivity index is 4.76. The van der Waals surface area contributed by atoms with Gasteiger partial charge in [0.2, 0.25) is 5.91 Å². The molecule has 0 radical (unpaired) electrons. The molecule has 0 heterocycles. The van der Waals surface area contributed by atoms with E-state index in [9.17, 15) is 19.2 Å². The molecular weight excluding hydrogens is 280 g/mol. The van der Waals surface area contributed by atoms with E-state index in [1.807, 2.05) is 0 Å². The summed E-state index contributed by atoms with van der Waals surface area (Å²) < 4.78 is 9.46. The van der Waals surface area contributed by atoms with Crippen LogP contribution in [0, 0.1) is 0 Å². The van der Waals surface area contributed by atoms with Gasteiger partial charge in [-0.25, -0.2) is 0 Å². The van der Waals surface area contributed by atoms with Gasteiger partial charge < -0.3 is 9.47 Å². The molecule has 0 bridgehead atoms. The van der Waals surface area contributed by atoms with Crippen molar-refractivity contribution < 1.29 is 28.7 Å². The fourth-order valence-electron chi connectivity index (χ4n) is 1.56. The number of ether oxygens (including phenoxy) is 2. The lowest BCUT2D eigenvalue weighted by atomic mass is 10.2. The quantitative estimate of drug-likeness (QED) is 0.408. The predicted octanol–water partition coefficient (Wildman–Crippen LogP) is 0.161. The molecule has 8 nitrogen and oxygen atoms in total. The van der Waals surface area contributed by atoms with Crippen LogP contribution < -0.4 is 5.43 Å². The van der Waals surface area contributed by atoms with Gasteiger partial charge in [-0.15, -0.1) is 0 Å². The molecule has 0 rings (SSSR count). The number of esters is 2. The SMILES string of the molecule is CCOC(=O)CC(=O)N(NC(C)=O)C(C)CC(=O)OCC. The van der Waals surface area contributed by atoms with E-state index in [2.05, 4.69) is 10.2 Å². The van der Waals surface area contributed by atoms with Crippen molar-refractivity contribution in [3.63, 3.8) is 0 Å². The van der Waals surface area contributed by atoms with Crippen LogP contribution in [0.3, 0.4) is 0 Å². The van der Waals surface area contributed by atoms with Crippen LogP contribution in [0.15, 0.2) is 0 Å². The molecule has 0 spiro atoms. The second-order valence-corrected chi connectivity index (χ2v) is 4.27. The minimum atomic E-state index is -0.693. The maximum atomic E-state index is 12.0. The van der Waals surface area contributed by atoms with Crippen LogP contribution in [0.25, 0.3) is 0 Å². The monoisotopic (exact) mass is 302 g/mol. The zero-order valence-corrected chi connectivity index (χ0v) is 12.8. The average Bonchev–Trinajstić information content (AvgIpc) is 2.35. The van der Waals surface area contributed by atoms with Crippen molar-refractivity contribution in [2.24, 2.45) is 0 Å². The summed E-state index contributed by atoms with van der Waals surface area (Å²) in [4.78, 5) is 45.9. The fraction of sp³-hybridized carbons (Fsp3) is 0.692. The van der Waals surface area contributed by atoms with Gasteiger partial charge in [-0.3, -0.25) is 29.6 Å². The third-order valence-corrected chi connectivity index (χ3v) is 2.36. The Kier molecular flexibility index (Phi) is 8.75. The number of amides is 2. The summed E-state index contributed by atoms with van der Waals surface area (Å²) in [6.07, 6.45) is -0.607. The van der Waals surface area contributed by atoms with Gasteiger partial charge in [-0.1, -0.05) is 0 Å². The topological polar surface area (TPSA) is 102 Å². The maximum Gasteiger partial charge on any atom is 0.315 e. The van der Waals surface area contributed by atoms with Gasteiger partial charge in [0.1, 0.15) is 6.42 Å². The molecule has 8 heteroatoms. The first kappa shape index (κ1) is 18.9. The number of rotatable bonds is 7. The molecule has 0 aliphatic carbocycles. The first-order valence-corrected chi connectivity index (χ1v) is 6.72. The summed E-state index contributed by atoms with van der Waals surface area (Å²) in [6, 6.07) is -0.644. The van der Waals surface area contributed by atoms with Crippen molar-refractivity contribution in [2.45, 2.75) is 46.6 Å². The van der Waals surface area contributed by atoms with E-state index < -0.39 is 36.2 Å². The van der Waals surface area contributed by atoms with Crippen molar-refractivity contribution in [1.29, 1.82) is 0 Å². The Morgan fingerprint density at radius 3 is 2.05 bits per heavy atom. The molecule has 1 atom stereocenters. The molecule has 2 amide bonds. The smallest absolute Gasteiger partial charge is 0.315 e. The Bertz CT molecular complexity index is 396. The van der Waals surface area contributed by atoms with E-state index in [1.165, 1.54) is 6.92 Å². The van der Waals surface area contributed by atoms with Crippen LogP contribution in [0.2, 0.25) is 0 Å². The van der Waals surface area contributed by atoms with Gasteiger partial charge >= 0.3 is 11.9 Å². The molecule has 1 unspecified atom stereocenters. The molecule has 0 aromatic rings. The van der Waals surface area contributed by atoms with Crippen molar-refractivity contribution in [3.8, 4) is 0 Å². The summed E-state index contributed by atoms with van der Waals surface area (Å²) in [5.74, 6) is -2.33. The number of nitrogens with one attached hydrogen (secondary N) is 1. The number of carbonyl (C=O) groups is 4. The van der Waals surface area contributed by atoms with Gasteiger partial charge in [0.15, 0.2) is 0 Å². The number of nitrogens with zero attached hydrogens (tertiary/aromatic N) is 1. The van der Waals surface area contributed by atoms with Gasteiger partial charge in [0.05, 0.1) is 25.7 Å². The molecule has 0 aliphatic rings. The lowest BCUT2D eigenvalue weighted by Gasteiger charge is -2.28. The fourth-order valence-corrected chi connectivity index (χ4v) is 1.56. The molecule has 0 aromatic heterocycles. The second-order valence-electron chi connectivity index (χ2n) is 4.27. The Morgan fingerprint density at radius 2 is 1.57 bits per heavy atom. The molecule has 0 fully saturated rings. The minimum Gasteiger partial charge on any atom is -0.466 e. The highest BCUT2D eigenvalue weighted by Gasteiger charge is 2.26. The highest BCUT2D eigenvalue weighted by atomic mass is 16.5. The summed E-state index contributed by atoms with van der Waals surface area (Å²) in [6.45, 7) is 6.46. The van der Waals surface area contributed by atoms with Gasteiger partial charge in [-0.2, -0.15) is 0 Å². The third kappa shape index (κ3) is 7.91. The van der Waals surface area contributed by atoms with E-state index in [0.29, 0.717) is 0 Å². The van der Waals surface area contributed by atoms with Crippen LogP contribution in [-0.4, -0.2) is 48.0 Å². The van der Waals surface area contributed by atoms with E-state index in [1.54, 1.807) is 20.8 Å². The lowest BCUT2D eigenvalue weighted by Crippen LogP contribution is -2.51. The molecule has 0 aliphatic heterocycles. The molecule has 120 valence electrons. The summed E-state index contributed by atoms with van der Waals surface area (Å²) in [5.41, 5.74) is 2.30. The van der Waals surface area contributed by atoms with E-state index in [4.69, 9.17) is 4.74 Å². The van der Waals surface area contributed by atoms with Crippen molar-refractivity contribution in [2.75, 3.05) is 13.2 Å². The number of hydrazine groups is 1. The molecule has 0 saturated carbocycles. The molecule has 0 aromatic carbocycles. The highest BCUT2D eigenvalue weighted by molar-refractivity contribution is 5.95. The van der Waals surface area contributed by atoms with Gasteiger partial charge in [0, 0.05) is 6.92 Å². The number of hydrogen-bond donors (Lipinski definition) is 1.